The smallest absolute Gasteiger partial charge is 0.298 e. The SMILES string of the molecule is O=c1cccc2n1[C@@H](CO)[C@H]1C[C@@H]2CN(c2nc3ccccc3o2)C1. The van der Waals surface area contributed by atoms with E-state index in [0.29, 0.717) is 6.01 Å². The normalized spacial score (nSPS) is 25.2. The molecule has 25 heavy (non-hydrogen) atoms. The number of para-hydroxylation sites is 2. The van der Waals surface area contributed by atoms with Gasteiger partial charge >= 0.3 is 0 Å². The first-order chi connectivity index (χ1) is 12.2. The molecule has 2 aliphatic heterocycles. The number of pyridine rings is 1. The summed E-state index contributed by atoms with van der Waals surface area (Å²) in [5.74, 6) is 0.442. The summed E-state index contributed by atoms with van der Waals surface area (Å²) in [5, 5.41) is 9.93. The summed E-state index contributed by atoms with van der Waals surface area (Å²) < 4.78 is 7.73. The highest BCUT2D eigenvalue weighted by atomic mass is 16.4. The predicted molar refractivity (Wildman–Crippen MR) is 93.9 cm³/mol. The third-order valence-electron chi connectivity index (χ3n) is 5.54. The van der Waals surface area contributed by atoms with Crippen molar-refractivity contribution in [3.8, 4) is 0 Å². The van der Waals surface area contributed by atoms with Gasteiger partial charge in [0.25, 0.3) is 11.6 Å². The number of anilines is 1. The molecule has 0 radical (unpaired) electrons. The van der Waals surface area contributed by atoms with Crippen molar-refractivity contribution in [2.24, 2.45) is 5.92 Å². The second kappa shape index (κ2) is 5.46. The fourth-order valence-corrected chi connectivity index (χ4v) is 4.43. The zero-order chi connectivity index (χ0) is 17.0. The van der Waals surface area contributed by atoms with Gasteiger partial charge in [-0.1, -0.05) is 18.2 Å². The number of benzene rings is 1. The van der Waals surface area contributed by atoms with E-state index in [2.05, 4.69) is 9.88 Å². The molecule has 2 aliphatic rings. The largest absolute Gasteiger partial charge is 0.423 e. The first-order valence-corrected chi connectivity index (χ1v) is 8.67. The zero-order valence-corrected chi connectivity index (χ0v) is 13.7. The summed E-state index contributed by atoms with van der Waals surface area (Å²) >= 11 is 0. The zero-order valence-electron chi connectivity index (χ0n) is 13.7. The van der Waals surface area contributed by atoms with Gasteiger partial charge in [-0.05, 0) is 24.6 Å². The summed E-state index contributed by atoms with van der Waals surface area (Å²) in [6, 6.07) is 13.6. The Morgan fingerprint density at radius 2 is 2.04 bits per heavy atom. The maximum absolute atomic E-state index is 12.3. The Bertz CT molecular complexity index is 960. The van der Waals surface area contributed by atoms with Gasteiger partial charge in [-0.2, -0.15) is 4.98 Å². The van der Waals surface area contributed by atoms with E-state index in [0.717, 1.165) is 36.3 Å². The van der Waals surface area contributed by atoms with Crippen molar-refractivity contribution >= 4 is 17.1 Å². The number of piperidine rings is 1. The molecule has 0 amide bonds. The fourth-order valence-electron chi connectivity index (χ4n) is 4.43. The Labute approximate surface area is 144 Å². The van der Waals surface area contributed by atoms with Crippen LogP contribution in [0.15, 0.2) is 51.7 Å². The van der Waals surface area contributed by atoms with Gasteiger partial charge in [0.1, 0.15) is 5.52 Å². The van der Waals surface area contributed by atoms with Crippen molar-refractivity contribution in [1.29, 1.82) is 0 Å². The van der Waals surface area contributed by atoms with Gasteiger partial charge in [-0.25, -0.2) is 0 Å². The number of hydrogen-bond acceptors (Lipinski definition) is 5. The lowest BCUT2D eigenvalue weighted by molar-refractivity contribution is 0.130. The van der Waals surface area contributed by atoms with Gasteiger partial charge < -0.3 is 19.0 Å². The third-order valence-corrected chi connectivity index (χ3v) is 5.54. The molecule has 3 aromatic rings. The summed E-state index contributed by atoms with van der Waals surface area (Å²) in [7, 11) is 0. The highest BCUT2D eigenvalue weighted by molar-refractivity contribution is 5.74. The molecular weight excluding hydrogens is 318 g/mol. The molecule has 5 rings (SSSR count). The molecule has 1 aromatic carbocycles. The van der Waals surface area contributed by atoms with Gasteiger partial charge in [-0.3, -0.25) is 4.79 Å². The molecule has 2 bridgehead atoms. The Balaban J connectivity index is 1.56. The predicted octanol–water partition coefficient (Wildman–Crippen LogP) is 2.15. The number of aliphatic hydroxyl groups is 1. The molecule has 0 aliphatic carbocycles. The van der Waals surface area contributed by atoms with Gasteiger partial charge in [-0.15, -0.1) is 0 Å². The first-order valence-electron chi connectivity index (χ1n) is 8.67. The van der Waals surface area contributed by atoms with Crippen LogP contribution in [0.1, 0.15) is 24.1 Å². The second-order valence-electron chi connectivity index (χ2n) is 6.97. The summed E-state index contributed by atoms with van der Waals surface area (Å²) in [6.07, 6.45) is 0.978. The minimum atomic E-state index is -0.188. The van der Waals surface area contributed by atoms with Crippen LogP contribution in [0.5, 0.6) is 0 Å². The van der Waals surface area contributed by atoms with Gasteiger partial charge in [0.15, 0.2) is 5.58 Å². The number of aliphatic hydroxyl groups excluding tert-OH is 1. The molecule has 1 N–H and O–H groups in total. The van der Waals surface area contributed by atoms with Gasteiger partial charge in [0, 0.05) is 36.7 Å². The molecule has 128 valence electrons. The van der Waals surface area contributed by atoms with E-state index in [4.69, 9.17) is 4.42 Å². The lowest BCUT2D eigenvalue weighted by atomic mass is 9.79. The van der Waals surface area contributed by atoms with E-state index in [1.807, 2.05) is 30.3 Å². The van der Waals surface area contributed by atoms with Crippen LogP contribution in [0.3, 0.4) is 0 Å². The molecular formula is C19H19N3O3. The first kappa shape index (κ1) is 14.7. The monoisotopic (exact) mass is 337 g/mol. The van der Waals surface area contributed by atoms with Crippen LogP contribution in [-0.4, -0.2) is 34.4 Å². The fraction of sp³-hybridized carbons (Fsp3) is 0.368. The lowest BCUT2D eigenvalue weighted by Gasteiger charge is -2.46. The van der Waals surface area contributed by atoms with Crippen molar-refractivity contribution in [2.45, 2.75) is 18.4 Å². The van der Waals surface area contributed by atoms with Crippen molar-refractivity contribution < 1.29 is 9.52 Å². The van der Waals surface area contributed by atoms with Crippen LogP contribution in [-0.2, 0) is 0 Å². The maximum atomic E-state index is 12.3. The quantitative estimate of drug-likeness (QED) is 0.776. The molecule has 4 heterocycles. The molecule has 1 saturated heterocycles. The van der Waals surface area contributed by atoms with E-state index >= 15 is 0 Å². The minimum Gasteiger partial charge on any atom is -0.423 e. The highest BCUT2D eigenvalue weighted by Gasteiger charge is 2.41. The molecule has 2 aromatic heterocycles. The van der Waals surface area contributed by atoms with Crippen molar-refractivity contribution in [1.82, 2.24) is 9.55 Å². The summed E-state index contributed by atoms with van der Waals surface area (Å²) in [5.41, 5.74) is 2.61. The molecule has 0 saturated carbocycles. The number of fused-ring (bicyclic) bond motifs is 5. The van der Waals surface area contributed by atoms with Gasteiger partial charge in [0.2, 0.25) is 0 Å². The minimum absolute atomic E-state index is 0.0263. The molecule has 0 spiro atoms. The van der Waals surface area contributed by atoms with E-state index < -0.39 is 0 Å². The van der Waals surface area contributed by atoms with E-state index in [9.17, 15) is 9.90 Å². The maximum Gasteiger partial charge on any atom is 0.298 e. The van der Waals surface area contributed by atoms with Crippen LogP contribution in [0.25, 0.3) is 11.1 Å². The standard InChI is InChI=1S/C19H19N3O3/c23-11-16-13-8-12(15-5-3-7-18(24)22(15)16)9-21(10-13)19-20-14-4-1-2-6-17(14)25-19/h1-7,12-13,16,23H,8-11H2/t12-,13+,16+/m1/s1. The molecule has 3 atom stereocenters. The number of hydrogen-bond donors (Lipinski definition) is 1. The molecule has 1 fully saturated rings. The summed E-state index contributed by atoms with van der Waals surface area (Å²) in [6.45, 7) is 1.47. The summed E-state index contributed by atoms with van der Waals surface area (Å²) in [4.78, 5) is 19.1. The molecule has 0 unspecified atom stereocenters. The van der Waals surface area contributed by atoms with Crippen molar-refractivity contribution in [2.75, 3.05) is 24.6 Å². The highest BCUT2D eigenvalue weighted by Crippen LogP contribution is 2.42. The number of aromatic nitrogens is 2. The third kappa shape index (κ3) is 2.21. The van der Waals surface area contributed by atoms with Crippen LogP contribution in [0.4, 0.5) is 6.01 Å². The second-order valence-corrected chi connectivity index (χ2v) is 6.97. The average Bonchev–Trinajstić information content (AvgIpc) is 3.07. The van der Waals surface area contributed by atoms with Crippen LogP contribution in [0.2, 0.25) is 0 Å². The molecule has 6 heteroatoms. The average molecular weight is 337 g/mol. The van der Waals surface area contributed by atoms with E-state index in [1.54, 1.807) is 16.7 Å². The topological polar surface area (TPSA) is 71.5 Å². The number of nitrogens with zero attached hydrogens (tertiary/aromatic N) is 3. The van der Waals surface area contributed by atoms with E-state index in [1.165, 1.54) is 0 Å². The Hall–Kier alpha value is -2.60. The van der Waals surface area contributed by atoms with Crippen LogP contribution < -0.4 is 10.5 Å². The Morgan fingerprint density at radius 3 is 2.88 bits per heavy atom. The Morgan fingerprint density at radius 1 is 1.16 bits per heavy atom. The molecule has 6 nitrogen and oxygen atoms in total. The van der Waals surface area contributed by atoms with Crippen molar-refractivity contribution in [3.63, 3.8) is 0 Å². The number of oxazole rings is 1. The Kier molecular flexibility index (Phi) is 3.21. The van der Waals surface area contributed by atoms with Crippen molar-refractivity contribution in [3.05, 3.63) is 58.5 Å². The number of rotatable bonds is 2. The van der Waals surface area contributed by atoms with Crippen LogP contribution >= 0.6 is 0 Å². The lowest BCUT2D eigenvalue weighted by Crippen LogP contribution is -2.50. The van der Waals surface area contributed by atoms with Gasteiger partial charge in [0.05, 0.1) is 12.6 Å². The van der Waals surface area contributed by atoms with E-state index in [-0.39, 0.29) is 30.0 Å². The van der Waals surface area contributed by atoms with Crippen LogP contribution in [0, 0.1) is 5.92 Å².